The van der Waals surface area contributed by atoms with E-state index in [2.05, 4.69) is 0 Å². The van der Waals surface area contributed by atoms with Crippen molar-refractivity contribution in [2.75, 3.05) is 0 Å². The Balaban J connectivity index is 3.44. The highest BCUT2D eigenvalue weighted by Crippen LogP contribution is 2.14. The molecule has 4 heteroatoms. The van der Waals surface area contributed by atoms with Crippen LogP contribution >= 0.6 is 0 Å². The van der Waals surface area contributed by atoms with E-state index < -0.39 is 17.3 Å². The van der Waals surface area contributed by atoms with Crippen LogP contribution in [0.1, 0.15) is 26.3 Å². The van der Waals surface area contributed by atoms with E-state index >= 15 is 0 Å². The first-order valence-corrected chi connectivity index (χ1v) is 3.55. The van der Waals surface area contributed by atoms with Crippen molar-refractivity contribution >= 4 is 12.3 Å². The molecule has 68 valence electrons. The summed E-state index contributed by atoms with van der Waals surface area (Å²) in [6, 6.07) is 2.49. The summed E-state index contributed by atoms with van der Waals surface area (Å²) in [5, 5.41) is 8.55. The van der Waals surface area contributed by atoms with Crippen LogP contribution in [0.3, 0.4) is 0 Å². The summed E-state index contributed by atoms with van der Waals surface area (Å²) in [5.74, 6) is -2.35. The Morgan fingerprint density at radius 2 is 2.15 bits per heavy atom. The van der Waals surface area contributed by atoms with Gasteiger partial charge in [-0.3, -0.25) is 4.79 Å². The molecule has 0 fully saturated rings. The molecule has 0 bridgehead atoms. The molecule has 0 saturated heterocycles. The number of hydrogen-bond acceptors (Lipinski definition) is 2. The van der Waals surface area contributed by atoms with Gasteiger partial charge in [0.25, 0.3) is 0 Å². The summed E-state index contributed by atoms with van der Waals surface area (Å²) in [5.41, 5.74) is -0.152. The van der Waals surface area contributed by atoms with Crippen LogP contribution in [0.5, 0.6) is 0 Å². The first kappa shape index (κ1) is 9.38. The number of carboxylic acid groups (broad SMARTS) is 1. The van der Waals surface area contributed by atoms with Gasteiger partial charge in [0.05, 0.1) is 11.1 Å². The molecule has 0 aliphatic heterocycles. The van der Waals surface area contributed by atoms with Gasteiger partial charge in [-0.25, -0.2) is 9.18 Å². The topological polar surface area (TPSA) is 54.4 Å². The van der Waals surface area contributed by atoms with E-state index in [-0.39, 0.29) is 5.56 Å². The zero-order chi connectivity index (χ0) is 10.0. The summed E-state index contributed by atoms with van der Waals surface area (Å²) in [4.78, 5) is 20.8. The van der Waals surface area contributed by atoms with Crippen molar-refractivity contribution in [1.29, 1.82) is 0 Å². The van der Waals surface area contributed by atoms with Gasteiger partial charge in [-0.15, -0.1) is 0 Å². The lowest BCUT2D eigenvalue weighted by atomic mass is 10.1. The summed E-state index contributed by atoms with van der Waals surface area (Å²) >= 11 is 0. The van der Waals surface area contributed by atoms with E-state index in [4.69, 9.17) is 5.11 Å². The summed E-state index contributed by atoms with van der Waals surface area (Å²) < 4.78 is 13.1. The van der Waals surface area contributed by atoms with E-state index in [1.807, 2.05) is 0 Å². The third-order valence-corrected chi connectivity index (χ3v) is 1.60. The van der Waals surface area contributed by atoms with Gasteiger partial charge in [-0.1, -0.05) is 0 Å². The maximum atomic E-state index is 13.1. The second-order valence-corrected chi connectivity index (χ2v) is 2.64. The smallest absolute Gasteiger partial charge is 0.338 e. The Morgan fingerprint density at radius 3 is 2.62 bits per heavy atom. The van der Waals surface area contributed by atoms with Crippen LogP contribution < -0.4 is 0 Å². The molecule has 1 aromatic rings. The van der Waals surface area contributed by atoms with Gasteiger partial charge in [0.15, 0.2) is 6.29 Å². The Hall–Kier alpha value is -1.71. The second-order valence-electron chi connectivity index (χ2n) is 2.64. The molecule has 0 aliphatic carbocycles. The molecule has 1 rings (SSSR count). The van der Waals surface area contributed by atoms with Crippen molar-refractivity contribution < 1.29 is 19.1 Å². The molecule has 1 aromatic carbocycles. The van der Waals surface area contributed by atoms with Crippen molar-refractivity contribution in [3.8, 4) is 0 Å². The zero-order valence-corrected chi connectivity index (χ0v) is 6.87. The second kappa shape index (κ2) is 3.35. The maximum absolute atomic E-state index is 13.1. The van der Waals surface area contributed by atoms with E-state index in [0.29, 0.717) is 11.8 Å². The summed E-state index contributed by atoms with van der Waals surface area (Å²) in [6.45, 7) is 1.60. The first-order valence-electron chi connectivity index (χ1n) is 3.55. The number of benzene rings is 1. The lowest BCUT2D eigenvalue weighted by Crippen LogP contribution is -2.04. The van der Waals surface area contributed by atoms with Gasteiger partial charge in [0.1, 0.15) is 5.82 Å². The van der Waals surface area contributed by atoms with Crippen molar-refractivity contribution in [3.63, 3.8) is 0 Å². The number of rotatable bonds is 2. The number of hydrogen-bond donors (Lipinski definition) is 1. The Labute approximate surface area is 73.8 Å². The van der Waals surface area contributed by atoms with Gasteiger partial charge in [-0.2, -0.15) is 0 Å². The number of aldehydes is 1. The van der Waals surface area contributed by atoms with Crippen molar-refractivity contribution in [1.82, 2.24) is 0 Å². The average molecular weight is 182 g/mol. The first-order chi connectivity index (χ1) is 6.06. The van der Waals surface area contributed by atoms with E-state index in [1.165, 1.54) is 12.1 Å². The van der Waals surface area contributed by atoms with Crippen LogP contribution in [-0.4, -0.2) is 17.4 Å². The fourth-order valence-electron chi connectivity index (χ4n) is 1.04. The fourth-order valence-corrected chi connectivity index (χ4v) is 1.04. The van der Waals surface area contributed by atoms with E-state index in [9.17, 15) is 14.0 Å². The highest BCUT2D eigenvalue weighted by molar-refractivity contribution is 5.91. The third-order valence-electron chi connectivity index (χ3n) is 1.60. The molecule has 0 aliphatic rings. The van der Waals surface area contributed by atoms with E-state index in [0.717, 1.165) is 0 Å². The Bertz CT molecular complexity index is 371. The third kappa shape index (κ3) is 1.72. The highest BCUT2D eigenvalue weighted by Gasteiger charge is 2.14. The van der Waals surface area contributed by atoms with Crippen molar-refractivity contribution in [3.05, 3.63) is 34.6 Å². The molecule has 0 saturated carbocycles. The number of carbonyl (C=O) groups excluding carboxylic acids is 1. The van der Waals surface area contributed by atoms with Crippen LogP contribution in [0.2, 0.25) is 0 Å². The minimum absolute atomic E-state index is 0.225. The lowest BCUT2D eigenvalue weighted by molar-refractivity contribution is 0.0691. The van der Waals surface area contributed by atoms with Gasteiger partial charge < -0.3 is 5.11 Å². The molecule has 0 radical (unpaired) electrons. The quantitative estimate of drug-likeness (QED) is 0.707. The van der Waals surface area contributed by atoms with Gasteiger partial charge in [0.2, 0.25) is 0 Å². The van der Waals surface area contributed by atoms with Gasteiger partial charge >= 0.3 is 5.97 Å². The van der Waals surface area contributed by atoms with Gasteiger partial charge in [-0.05, 0) is 24.6 Å². The molecule has 0 aromatic heterocycles. The lowest BCUT2D eigenvalue weighted by Gasteiger charge is -2.01. The van der Waals surface area contributed by atoms with Crippen LogP contribution in [0, 0.1) is 12.7 Å². The fraction of sp³-hybridized carbons (Fsp3) is 0.111. The molecule has 1 N–H and O–H groups in total. The molecule has 0 atom stereocenters. The number of aromatic carboxylic acids is 1. The van der Waals surface area contributed by atoms with Gasteiger partial charge in [0, 0.05) is 0 Å². The van der Waals surface area contributed by atoms with Crippen LogP contribution in [0.15, 0.2) is 12.1 Å². The van der Waals surface area contributed by atoms with Crippen LogP contribution in [0.25, 0.3) is 0 Å². The normalized spacial score (nSPS) is 9.69. The largest absolute Gasteiger partial charge is 0.478 e. The van der Waals surface area contributed by atoms with Crippen LogP contribution in [-0.2, 0) is 0 Å². The average Bonchev–Trinajstić information content (AvgIpc) is 2.08. The molecular weight excluding hydrogens is 175 g/mol. The molecule has 0 amide bonds. The molecule has 13 heavy (non-hydrogen) atoms. The number of aryl methyl sites for hydroxylation is 1. The molecular formula is C9H7FO3. The number of carbonyl (C=O) groups is 2. The monoisotopic (exact) mass is 182 g/mol. The molecule has 0 unspecified atom stereocenters. The molecule has 0 heterocycles. The molecule has 0 spiro atoms. The highest BCUT2D eigenvalue weighted by atomic mass is 19.1. The van der Waals surface area contributed by atoms with Crippen molar-refractivity contribution in [2.45, 2.75) is 6.92 Å². The number of halogens is 1. The molecule has 3 nitrogen and oxygen atoms in total. The Morgan fingerprint density at radius 1 is 1.54 bits per heavy atom. The maximum Gasteiger partial charge on any atom is 0.338 e. The minimum Gasteiger partial charge on any atom is -0.478 e. The van der Waals surface area contributed by atoms with Crippen molar-refractivity contribution in [2.24, 2.45) is 0 Å². The summed E-state index contributed by atoms with van der Waals surface area (Å²) in [7, 11) is 0. The predicted molar refractivity (Wildman–Crippen MR) is 43.5 cm³/mol. The minimum atomic E-state index is -1.37. The van der Waals surface area contributed by atoms with E-state index in [1.54, 1.807) is 6.92 Å². The SMILES string of the molecule is Cc1cc(C=O)c(F)c(C(=O)O)c1. The summed E-state index contributed by atoms with van der Waals surface area (Å²) in [6.07, 6.45) is 0.300. The standard InChI is InChI=1S/C9H7FO3/c1-5-2-6(4-11)8(10)7(3-5)9(12)13/h2-4H,1H3,(H,12,13). The predicted octanol–water partition coefficient (Wildman–Crippen LogP) is 1.64. The van der Waals surface area contributed by atoms with Crippen LogP contribution in [0.4, 0.5) is 4.39 Å². The number of carboxylic acids is 1. The zero-order valence-electron chi connectivity index (χ0n) is 6.87. The Kier molecular flexibility index (Phi) is 2.41.